The number of nitrogens with one attached hydrogen (secondary N) is 3. The molecular formula is C30H36Cl2F2N4O6. The van der Waals surface area contributed by atoms with E-state index in [-0.39, 0.29) is 18.7 Å². The summed E-state index contributed by atoms with van der Waals surface area (Å²) in [5.41, 5.74) is 0.660. The number of carbonyl (C=O) groups excluding carboxylic acids is 4. The Morgan fingerprint density at radius 1 is 1.00 bits per heavy atom. The zero-order valence-electron chi connectivity index (χ0n) is 24.4. The third-order valence-electron chi connectivity index (χ3n) is 6.80. The predicted octanol–water partition coefficient (Wildman–Crippen LogP) is 2.89. The van der Waals surface area contributed by atoms with Crippen molar-refractivity contribution < 1.29 is 37.4 Å². The molecule has 3 amide bonds. The highest BCUT2D eigenvalue weighted by Gasteiger charge is 2.51. The van der Waals surface area contributed by atoms with Crippen molar-refractivity contribution in [2.75, 3.05) is 46.0 Å². The predicted molar refractivity (Wildman–Crippen MR) is 161 cm³/mol. The van der Waals surface area contributed by atoms with Crippen LogP contribution in [0.5, 0.6) is 5.75 Å². The van der Waals surface area contributed by atoms with E-state index in [4.69, 9.17) is 32.7 Å². The fraction of sp³-hybridized carbons (Fsp3) is 0.467. The summed E-state index contributed by atoms with van der Waals surface area (Å²) in [6, 6.07) is 10.1. The number of rotatable bonds is 15. The summed E-state index contributed by atoms with van der Waals surface area (Å²) in [6.07, 6.45) is -0.0150. The van der Waals surface area contributed by atoms with E-state index < -0.39 is 54.0 Å². The summed E-state index contributed by atoms with van der Waals surface area (Å²) in [7, 11) is 0. The maximum atomic E-state index is 15.1. The van der Waals surface area contributed by atoms with Crippen LogP contribution in [0, 0.1) is 5.92 Å². The second-order valence-electron chi connectivity index (χ2n) is 10.6. The minimum Gasteiger partial charge on any atom is -0.484 e. The van der Waals surface area contributed by atoms with E-state index in [0.29, 0.717) is 48.5 Å². The standard InChI is InChI=1S/C30H36Cl2F2N4O6/c1-19(2)26(27(40)30(33,34)29(42)35-8-9-38-10-12-43-13-11-38)37-28(41)24(14-20-6-4-3-5-7-20)36-25(39)18-44-23-16-21(31)15-22(32)17-23/h3-7,15-17,19,24,26H,8-14,18H2,1-2H3,(H,35,42)(H,36,39)(H,37,41)/t24-,26-/m0/s1. The number of hydrogen-bond donors (Lipinski definition) is 3. The van der Waals surface area contributed by atoms with Crippen LogP contribution < -0.4 is 20.7 Å². The Balaban J connectivity index is 1.67. The number of Topliss-reactive ketones (excluding diaryl/α,β-unsaturated/α-hetero) is 1. The van der Waals surface area contributed by atoms with Gasteiger partial charge in [0, 0.05) is 42.6 Å². The molecule has 0 aliphatic carbocycles. The minimum absolute atomic E-state index is 0.0150. The molecule has 0 saturated carbocycles. The van der Waals surface area contributed by atoms with E-state index in [1.165, 1.54) is 32.0 Å². The van der Waals surface area contributed by atoms with Gasteiger partial charge in [-0.2, -0.15) is 8.78 Å². The lowest BCUT2D eigenvalue weighted by molar-refractivity contribution is -0.161. The molecule has 14 heteroatoms. The van der Waals surface area contributed by atoms with E-state index in [2.05, 4.69) is 16.0 Å². The highest BCUT2D eigenvalue weighted by atomic mass is 35.5. The molecule has 0 aromatic heterocycles. The summed E-state index contributed by atoms with van der Waals surface area (Å²) < 4.78 is 40.8. The number of halogens is 4. The van der Waals surface area contributed by atoms with Gasteiger partial charge in [-0.3, -0.25) is 24.1 Å². The monoisotopic (exact) mass is 656 g/mol. The Kier molecular flexibility index (Phi) is 13.3. The van der Waals surface area contributed by atoms with Gasteiger partial charge >= 0.3 is 5.92 Å². The highest BCUT2D eigenvalue weighted by Crippen LogP contribution is 2.24. The van der Waals surface area contributed by atoms with Crippen LogP contribution in [0.4, 0.5) is 8.78 Å². The number of ketones is 1. The number of amides is 3. The molecule has 44 heavy (non-hydrogen) atoms. The van der Waals surface area contributed by atoms with Crippen molar-refractivity contribution in [3.63, 3.8) is 0 Å². The molecule has 10 nitrogen and oxygen atoms in total. The van der Waals surface area contributed by atoms with Gasteiger partial charge in [-0.1, -0.05) is 67.4 Å². The van der Waals surface area contributed by atoms with Crippen molar-refractivity contribution in [1.29, 1.82) is 0 Å². The van der Waals surface area contributed by atoms with Crippen LogP contribution >= 0.6 is 23.2 Å². The summed E-state index contributed by atoms with van der Waals surface area (Å²) in [5.74, 6) is -10.1. The zero-order chi connectivity index (χ0) is 32.3. The van der Waals surface area contributed by atoms with Crippen LogP contribution in [0.1, 0.15) is 19.4 Å². The Bertz CT molecular complexity index is 1280. The number of benzene rings is 2. The SMILES string of the molecule is CC(C)[C@H](NC(=O)[C@H](Cc1ccccc1)NC(=O)COc1cc(Cl)cc(Cl)c1)C(=O)C(F)(F)C(=O)NCCN1CCOCC1. The second kappa shape index (κ2) is 16.7. The van der Waals surface area contributed by atoms with Gasteiger partial charge in [0.25, 0.3) is 11.8 Å². The van der Waals surface area contributed by atoms with Crippen LogP contribution in [-0.2, 0) is 30.3 Å². The van der Waals surface area contributed by atoms with E-state index in [1.54, 1.807) is 30.3 Å². The van der Waals surface area contributed by atoms with Gasteiger partial charge in [0.05, 0.1) is 19.3 Å². The fourth-order valence-corrected chi connectivity index (χ4v) is 4.92. The van der Waals surface area contributed by atoms with E-state index in [0.717, 1.165) is 0 Å². The lowest BCUT2D eigenvalue weighted by Crippen LogP contribution is -2.59. The molecule has 1 aliphatic heterocycles. The zero-order valence-corrected chi connectivity index (χ0v) is 25.9. The molecule has 0 unspecified atom stereocenters. The third kappa shape index (κ3) is 10.7. The number of alkyl halides is 2. The van der Waals surface area contributed by atoms with Gasteiger partial charge in [-0.15, -0.1) is 0 Å². The molecule has 0 spiro atoms. The average Bonchev–Trinajstić information content (AvgIpc) is 2.98. The second-order valence-corrected chi connectivity index (χ2v) is 11.5. The lowest BCUT2D eigenvalue weighted by atomic mass is 9.94. The van der Waals surface area contributed by atoms with E-state index in [9.17, 15) is 19.2 Å². The first-order chi connectivity index (χ1) is 20.9. The molecule has 1 fully saturated rings. The molecular weight excluding hydrogens is 621 g/mol. The Morgan fingerprint density at radius 2 is 1.64 bits per heavy atom. The van der Waals surface area contributed by atoms with Crippen LogP contribution in [0.2, 0.25) is 10.0 Å². The first-order valence-electron chi connectivity index (χ1n) is 14.1. The summed E-state index contributed by atoms with van der Waals surface area (Å²) in [4.78, 5) is 53.5. The first-order valence-corrected chi connectivity index (χ1v) is 14.9. The van der Waals surface area contributed by atoms with Crippen LogP contribution in [-0.4, -0.2) is 92.4 Å². The molecule has 2 aromatic carbocycles. The van der Waals surface area contributed by atoms with Gasteiger partial charge in [0.2, 0.25) is 11.7 Å². The molecule has 1 saturated heterocycles. The van der Waals surface area contributed by atoms with Crippen molar-refractivity contribution in [2.45, 2.75) is 38.3 Å². The minimum atomic E-state index is -4.41. The largest absolute Gasteiger partial charge is 0.484 e. The Hall–Kier alpha value is -3.32. The van der Waals surface area contributed by atoms with E-state index in [1.807, 2.05) is 4.90 Å². The lowest BCUT2D eigenvalue weighted by Gasteiger charge is -2.28. The molecule has 3 N–H and O–H groups in total. The normalized spacial score (nSPS) is 15.2. The topological polar surface area (TPSA) is 126 Å². The van der Waals surface area contributed by atoms with E-state index >= 15 is 8.78 Å². The summed E-state index contributed by atoms with van der Waals surface area (Å²) in [6.45, 7) is 4.87. The Morgan fingerprint density at radius 3 is 2.25 bits per heavy atom. The van der Waals surface area contributed by atoms with Crippen molar-refractivity contribution in [2.24, 2.45) is 5.92 Å². The number of ether oxygens (including phenoxy) is 2. The smallest absolute Gasteiger partial charge is 0.383 e. The van der Waals surface area contributed by atoms with Gasteiger partial charge in [-0.05, 0) is 29.7 Å². The molecule has 1 heterocycles. The van der Waals surface area contributed by atoms with Gasteiger partial charge in [0.1, 0.15) is 11.8 Å². The number of hydrogen-bond acceptors (Lipinski definition) is 7. The van der Waals surface area contributed by atoms with Crippen molar-refractivity contribution in [3.8, 4) is 5.75 Å². The van der Waals surface area contributed by atoms with Crippen LogP contribution in [0.15, 0.2) is 48.5 Å². The molecule has 2 atom stereocenters. The molecule has 1 aliphatic rings. The van der Waals surface area contributed by atoms with Crippen molar-refractivity contribution in [3.05, 3.63) is 64.1 Å². The maximum absolute atomic E-state index is 15.1. The molecule has 240 valence electrons. The number of nitrogens with zero attached hydrogens (tertiary/aromatic N) is 1. The Labute approximate surface area is 264 Å². The molecule has 0 bridgehead atoms. The van der Waals surface area contributed by atoms with Crippen LogP contribution in [0.25, 0.3) is 0 Å². The molecule has 3 rings (SSSR count). The van der Waals surface area contributed by atoms with Crippen LogP contribution in [0.3, 0.4) is 0 Å². The van der Waals surface area contributed by atoms with Gasteiger partial charge < -0.3 is 25.4 Å². The quantitative estimate of drug-likeness (QED) is 0.252. The highest BCUT2D eigenvalue weighted by molar-refractivity contribution is 6.34. The first kappa shape index (κ1) is 35.2. The van der Waals surface area contributed by atoms with Gasteiger partial charge in [-0.25, -0.2) is 0 Å². The summed E-state index contributed by atoms with van der Waals surface area (Å²) in [5, 5.41) is 7.58. The third-order valence-corrected chi connectivity index (χ3v) is 7.24. The summed E-state index contributed by atoms with van der Waals surface area (Å²) >= 11 is 11.9. The average molecular weight is 658 g/mol. The molecule has 2 aromatic rings. The number of morpholine rings is 1. The molecule has 0 radical (unpaired) electrons. The maximum Gasteiger partial charge on any atom is 0.383 e. The van der Waals surface area contributed by atoms with Gasteiger partial charge in [0.15, 0.2) is 6.61 Å². The number of carbonyl (C=O) groups is 4. The fourth-order valence-electron chi connectivity index (χ4n) is 4.42. The van der Waals surface area contributed by atoms with Crippen molar-refractivity contribution in [1.82, 2.24) is 20.9 Å². The van der Waals surface area contributed by atoms with Crippen molar-refractivity contribution >= 4 is 46.7 Å².